The van der Waals surface area contributed by atoms with Crippen molar-refractivity contribution in [3.05, 3.63) is 65.7 Å². The number of imide groups is 1. The molecular formula is C25H30N4O4. The van der Waals surface area contributed by atoms with Gasteiger partial charge in [-0.2, -0.15) is 0 Å². The molecule has 0 aliphatic carbocycles. The van der Waals surface area contributed by atoms with E-state index in [9.17, 15) is 14.4 Å². The molecule has 2 aliphatic rings. The number of nitrogens with one attached hydrogen (secondary N) is 1. The summed E-state index contributed by atoms with van der Waals surface area (Å²) < 4.78 is 5.75. The number of ether oxygens (including phenoxy) is 1. The van der Waals surface area contributed by atoms with Crippen molar-refractivity contribution in [2.24, 2.45) is 0 Å². The second-order valence-electron chi connectivity index (χ2n) is 8.70. The van der Waals surface area contributed by atoms with E-state index in [2.05, 4.69) is 10.2 Å². The number of para-hydroxylation sites is 1. The number of aryl methyl sites for hydroxylation is 1. The molecule has 2 aliphatic heterocycles. The van der Waals surface area contributed by atoms with Crippen LogP contribution in [0.3, 0.4) is 0 Å². The van der Waals surface area contributed by atoms with Crippen LogP contribution in [0.2, 0.25) is 0 Å². The fraction of sp³-hybridized carbons (Fsp3) is 0.400. The first-order valence-electron chi connectivity index (χ1n) is 11.3. The van der Waals surface area contributed by atoms with Crippen LogP contribution in [0.5, 0.6) is 5.75 Å². The van der Waals surface area contributed by atoms with Gasteiger partial charge in [0.1, 0.15) is 24.4 Å². The highest BCUT2D eigenvalue weighted by molar-refractivity contribution is 6.09. The molecule has 1 atom stereocenters. The molecule has 4 amide bonds. The monoisotopic (exact) mass is 450 g/mol. The summed E-state index contributed by atoms with van der Waals surface area (Å²) in [7, 11) is 0. The van der Waals surface area contributed by atoms with E-state index in [1.165, 1.54) is 0 Å². The highest BCUT2D eigenvalue weighted by Crippen LogP contribution is 2.29. The second-order valence-corrected chi connectivity index (χ2v) is 8.70. The van der Waals surface area contributed by atoms with Gasteiger partial charge in [0.2, 0.25) is 5.91 Å². The van der Waals surface area contributed by atoms with Crippen molar-refractivity contribution >= 4 is 17.8 Å². The van der Waals surface area contributed by atoms with Gasteiger partial charge in [-0.25, -0.2) is 4.79 Å². The third-order valence-corrected chi connectivity index (χ3v) is 6.34. The van der Waals surface area contributed by atoms with Crippen LogP contribution in [0, 0.1) is 6.92 Å². The molecule has 4 rings (SSSR count). The summed E-state index contributed by atoms with van der Waals surface area (Å²) in [5, 5.41) is 2.76. The van der Waals surface area contributed by atoms with Crippen LogP contribution in [0.1, 0.15) is 18.1 Å². The van der Waals surface area contributed by atoms with Crippen molar-refractivity contribution in [3.8, 4) is 5.75 Å². The van der Waals surface area contributed by atoms with Crippen LogP contribution in [-0.2, 0) is 15.1 Å². The Bertz CT molecular complexity index is 1000. The standard InChI is InChI=1S/C25H30N4O4/c1-19-8-10-20(11-9-19)25(2)23(31)29(24(32)26-25)18-22(30)28-14-12-27(13-15-28)16-17-33-21-6-4-3-5-7-21/h3-11H,12-18H2,1-2H3,(H,26,32). The van der Waals surface area contributed by atoms with E-state index in [1.807, 2.05) is 61.5 Å². The minimum atomic E-state index is -1.16. The number of rotatable bonds is 7. The lowest BCUT2D eigenvalue weighted by Crippen LogP contribution is -2.52. The second kappa shape index (κ2) is 9.62. The Morgan fingerprint density at radius 2 is 1.67 bits per heavy atom. The predicted octanol–water partition coefficient (Wildman–Crippen LogP) is 1.99. The van der Waals surface area contributed by atoms with Gasteiger partial charge < -0.3 is 15.0 Å². The summed E-state index contributed by atoms with van der Waals surface area (Å²) in [5.74, 6) is 0.228. The average molecular weight is 451 g/mol. The topological polar surface area (TPSA) is 82.2 Å². The number of urea groups is 1. The van der Waals surface area contributed by atoms with Crippen molar-refractivity contribution < 1.29 is 19.1 Å². The summed E-state index contributed by atoms with van der Waals surface area (Å²) in [4.78, 5) is 43.5. The smallest absolute Gasteiger partial charge is 0.325 e. The van der Waals surface area contributed by atoms with Crippen LogP contribution in [0.25, 0.3) is 0 Å². The Morgan fingerprint density at radius 1 is 1.00 bits per heavy atom. The van der Waals surface area contributed by atoms with Gasteiger partial charge in [0.25, 0.3) is 5.91 Å². The summed E-state index contributed by atoms with van der Waals surface area (Å²) in [6.07, 6.45) is 0. The van der Waals surface area contributed by atoms with Gasteiger partial charge in [-0.1, -0.05) is 48.0 Å². The molecule has 1 N–H and O–H groups in total. The molecule has 174 valence electrons. The molecule has 33 heavy (non-hydrogen) atoms. The van der Waals surface area contributed by atoms with Crippen molar-refractivity contribution in [2.45, 2.75) is 19.4 Å². The lowest BCUT2D eigenvalue weighted by molar-refractivity contribution is -0.139. The minimum absolute atomic E-state index is 0.216. The Hall–Kier alpha value is -3.39. The van der Waals surface area contributed by atoms with Crippen LogP contribution >= 0.6 is 0 Å². The van der Waals surface area contributed by atoms with Crippen LogP contribution in [-0.4, -0.2) is 78.4 Å². The van der Waals surface area contributed by atoms with Gasteiger partial charge in [-0.05, 0) is 31.5 Å². The molecule has 8 nitrogen and oxygen atoms in total. The number of hydrogen-bond donors (Lipinski definition) is 1. The van der Waals surface area contributed by atoms with E-state index >= 15 is 0 Å². The molecule has 0 spiro atoms. The molecule has 2 aromatic carbocycles. The fourth-order valence-corrected chi connectivity index (χ4v) is 4.19. The quantitative estimate of drug-likeness (QED) is 0.653. The fourth-order valence-electron chi connectivity index (χ4n) is 4.19. The molecule has 0 bridgehead atoms. The predicted molar refractivity (Wildman–Crippen MR) is 124 cm³/mol. The Labute approximate surface area is 194 Å². The Balaban J connectivity index is 1.27. The maximum Gasteiger partial charge on any atom is 0.325 e. The minimum Gasteiger partial charge on any atom is -0.492 e. The molecule has 0 aromatic heterocycles. The lowest BCUT2D eigenvalue weighted by Gasteiger charge is -2.35. The Morgan fingerprint density at radius 3 is 2.33 bits per heavy atom. The normalized spacial score (nSPS) is 21.3. The summed E-state index contributed by atoms with van der Waals surface area (Å²) >= 11 is 0. The lowest BCUT2D eigenvalue weighted by atomic mass is 9.91. The van der Waals surface area contributed by atoms with Crippen molar-refractivity contribution in [3.63, 3.8) is 0 Å². The van der Waals surface area contributed by atoms with E-state index in [0.29, 0.717) is 25.3 Å². The number of carbonyl (C=O) groups excluding carboxylic acids is 3. The van der Waals surface area contributed by atoms with Crippen LogP contribution < -0.4 is 10.1 Å². The molecule has 8 heteroatoms. The molecule has 2 fully saturated rings. The van der Waals surface area contributed by atoms with E-state index < -0.39 is 17.5 Å². The molecule has 2 aromatic rings. The molecule has 0 saturated carbocycles. The van der Waals surface area contributed by atoms with Crippen molar-refractivity contribution in [2.75, 3.05) is 45.9 Å². The van der Waals surface area contributed by atoms with Gasteiger partial charge in [-0.3, -0.25) is 19.4 Å². The number of amides is 4. The summed E-state index contributed by atoms with van der Waals surface area (Å²) in [6, 6.07) is 16.6. The maximum atomic E-state index is 13.1. The molecule has 0 radical (unpaired) electrons. The molecular weight excluding hydrogens is 420 g/mol. The molecule has 2 heterocycles. The number of hydrogen-bond acceptors (Lipinski definition) is 5. The maximum absolute atomic E-state index is 13.1. The van der Waals surface area contributed by atoms with Gasteiger partial charge in [0, 0.05) is 32.7 Å². The number of nitrogens with zero attached hydrogens (tertiary/aromatic N) is 3. The van der Waals surface area contributed by atoms with Gasteiger partial charge in [0.15, 0.2) is 0 Å². The summed E-state index contributed by atoms with van der Waals surface area (Å²) in [6.45, 7) is 7.32. The number of piperazine rings is 1. The van der Waals surface area contributed by atoms with E-state index in [4.69, 9.17) is 4.74 Å². The number of benzene rings is 2. The first kappa shape index (κ1) is 22.8. The van der Waals surface area contributed by atoms with Gasteiger partial charge in [0.05, 0.1) is 0 Å². The van der Waals surface area contributed by atoms with Gasteiger partial charge in [-0.15, -0.1) is 0 Å². The molecule has 2 saturated heterocycles. The zero-order valence-electron chi connectivity index (χ0n) is 19.1. The Kier molecular flexibility index (Phi) is 6.65. The van der Waals surface area contributed by atoms with Crippen LogP contribution in [0.15, 0.2) is 54.6 Å². The van der Waals surface area contributed by atoms with E-state index in [1.54, 1.807) is 11.8 Å². The third-order valence-electron chi connectivity index (χ3n) is 6.34. The zero-order chi connectivity index (χ0) is 23.4. The first-order chi connectivity index (χ1) is 15.9. The zero-order valence-corrected chi connectivity index (χ0v) is 19.1. The van der Waals surface area contributed by atoms with Crippen molar-refractivity contribution in [1.29, 1.82) is 0 Å². The third kappa shape index (κ3) is 5.01. The molecule has 1 unspecified atom stereocenters. The highest BCUT2D eigenvalue weighted by atomic mass is 16.5. The first-order valence-corrected chi connectivity index (χ1v) is 11.3. The van der Waals surface area contributed by atoms with Crippen molar-refractivity contribution in [1.82, 2.24) is 20.0 Å². The highest BCUT2D eigenvalue weighted by Gasteiger charge is 2.49. The SMILES string of the molecule is Cc1ccc(C2(C)NC(=O)N(CC(=O)N3CCN(CCOc4ccccc4)CC3)C2=O)cc1. The average Bonchev–Trinajstić information content (AvgIpc) is 3.04. The van der Waals surface area contributed by atoms with E-state index in [-0.39, 0.29) is 12.5 Å². The van der Waals surface area contributed by atoms with Gasteiger partial charge >= 0.3 is 6.03 Å². The van der Waals surface area contributed by atoms with E-state index in [0.717, 1.165) is 35.8 Å². The number of carbonyl (C=O) groups is 3. The van der Waals surface area contributed by atoms with Crippen LogP contribution in [0.4, 0.5) is 4.79 Å². The largest absolute Gasteiger partial charge is 0.492 e. The summed E-state index contributed by atoms with van der Waals surface area (Å²) in [5.41, 5.74) is 0.604.